The molecule has 6 nitrogen and oxygen atoms in total. The summed E-state index contributed by atoms with van der Waals surface area (Å²) < 4.78 is 6.17. The Labute approximate surface area is 192 Å². The topological polar surface area (TPSA) is 83.6 Å². The number of hydrogen-bond donors (Lipinski definition) is 1. The number of nitrogens with zero attached hydrogens (tertiary/aromatic N) is 2. The number of rotatable bonds is 5. The summed E-state index contributed by atoms with van der Waals surface area (Å²) in [6.45, 7) is 2.07. The van der Waals surface area contributed by atoms with E-state index in [0.717, 1.165) is 22.2 Å². The number of aliphatic hydroxyl groups is 1. The fourth-order valence-electron chi connectivity index (χ4n) is 3.82. The molecule has 5 rings (SSSR count). The number of halogens is 1. The van der Waals surface area contributed by atoms with Crippen LogP contribution >= 0.6 is 22.9 Å². The highest BCUT2D eigenvalue weighted by Crippen LogP contribution is 2.44. The number of carbonyl (C=O) groups is 2. The summed E-state index contributed by atoms with van der Waals surface area (Å²) in [6, 6.07) is 15.0. The number of anilines is 1. The number of fused-ring (bicyclic) bond motifs is 1. The predicted molar refractivity (Wildman–Crippen MR) is 123 cm³/mol. The minimum absolute atomic E-state index is 0.0389. The smallest absolute Gasteiger partial charge is 0.296 e. The fraction of sp³-hybridized carbons (Fsp3) is 0.125. The summed E-state index contributed by atoms with van der Waals surface area (Å²) in [4.78, 5) is 32.4. The second kappa shape index (κ2) is 7.93. The summed E-state index contributed by atoms with van der Waals surface area (Å²) in [7, 11) is 0. The lowest BCUT2D eigenvalue weighted by Gasteiger charge is -2.24. The predicted octanol–water partition coefficient (Wildman–Crippen LogP) is 5.89. The first-order chi connectivity index (χ1) is 15.5. The lowest BCUT2D eigenvalue weighted by molar-refractivity contribution is -0.117. The number of aryl methyl sites for hydroxylation is 1. The zero-order valence-electron chi connectivity index (χ0n) is 16.9. The van der Waals surface area contributed by atoms with Crippen molar-refractivity contribution in [1.82, 2.24) is 4.98 Å². The van der Waals surface area contributed by atoms with Crippen LogP contribution in [0.3, 0.4) is 0 Å². The molecule has 32 heavy (non-hydrogen) atoms. The minimum atomic E-state index is -0.872. The van der Waals surface area contributed by atoms with Crippen molar-refractivity contribution in [2.24, 2.45) is 0 Å². The molecule has 0 saturated heterocycles. The van der Waals surface area contributed by atoms with Crippen molar-refractivity contribution in [3.8, 4) is 0 Å². The Balaban J connectivity index is 1.67. The number of thiazole rings is 1. The molecule has 1 aliphatic heterocycles. The third-order valence-electron chi connectivity index (χ3n) is 5.44. The highest BCUT2D eigenvalue weighted by Gasteiger charge is 2.46. The number of furan rings is 1. The summed E-state index contributed by atoms with van der Waals surface area (Å²) in [5, 5.41) is 11.7. The van der Waals surface area contributed by atoms with Crippen LogP contribution in [-0.2, 0) is 11.2 Å². The molecule has 8 heteroatoms. The third-order valence-corrected chi connectivity index (χ3v) is 6.71. The number of carbonyl (C=O) groups excluding carboxylic acids is 2. The average molecular weight is 465 g/mol. The van der Waals surface area contributed by atoms with Gasteiger partial charge in [-0.2, -0.15) is 0 Å². The number of aromatic nitrogens is 1. The van der Waals surface area contributed by atoms with E-state index < -0.39 is 23.5 Å². The molecule has 0 aliphatic carbocycles. The van der Waals surface area contributed by atoms with E-state index in [1.165, 1.54) is 28.6 Å². The van der Waals surface area contributed by atoms with Crippen molar-refractivity contribution >= 4 is 50.0 Å². The van der Waals surface area contributed by atoms with Gasteiger partial charge in [-0.25, -0.2) is 4.98 Å². The Morgan fingerprint density at radius 2 is 2.00 bits per heavy atom. The standard InChI is InChI=1S/C24H17ClN2O4S/c1-2-13-5-10-16-18(12-13)32-24(26-16)27-20(14-6-8-15(25)9-7-14)19(22(29)23(27)30)21(28)17-4-3-11-31-17/h3-12,20,29H,2H2,1H3/t20-/m0/s1. The van der Waals surface area contributed by atoms with E-state index in [1.54, 1.807) is 30.3 Å². The van der Waals surface area contributed by atoms with Gasteiger partial charge in [-0.1, -0.05) is 48.1 Å². The van der Waals surface area contributed by atoms with Crippen LogP contribution in [0.5, 0.6) is 0 Å². The SMILES string of the molecule is CCc1ccc2nc(N3C(=O)C(O)=C(C(=O)c4ccco4)[C@@H]3c3ccc(Cl)cc3)sc2c1. The van der Waals surface area contributed by atoms with E-state index in [4.69, 9.17) is 16.0 Å². The summed E-state index contributed by atoms with van der Waals surface area (Å²) in [5.41, 5.74) is 2.47. The molecule has 0 saturated carbocycles. The molecule has 1 atom stereocenters. The van der Waals surface area contributed by atoms with E-state index in [9.17, 15) is 14.7 Å². The molecule has 4 aromatic rings. The van der Waals surface area contributed by atoms with Gasteiger partial charge < -0.3 is 9.52 Å². The Bertz CT molecular complexity index is 1370. The van der Waals surface area contributed by atoms with Crippen LogP contribution in [0.1, 0.15) is 34.6 Å². The number of amides is 1. The van der Waals surface area contributed by atoms with E-state index in [0.29, 0.717) is 15.7 Å². The normalized spacial score (nSPS) is 16.4. The number of aliphatic hydroxyl groups excluding tert-OH is 1. The van der Waals surface area contributed by atoms with Crippen molar-refractivity contribution in [3.63, 3.8) is 0 Å². The highest BCUT2D eigenvalue weighted by molar-refractivity contribution is 7.22. The zero-order valence-corrected chi connectivity index (χ0v) is 18.5. The summed E-state index contributed by atoms with van der Waals surface area (Å²) >= 11 is 7.40. The van der Waals surface area contributed by atoms with E-state index in [2.05, 4.69) is 11.9 Å². The van der Waals surface area contributed by atoms with Gasteiger partial charge in [0.2, 0.25) is 5.78 Å². The van der Waals surface area contributed by atoms with Gasteiger partial charge in [-0.3, -0.25) is 14.5 Å². The van der Waals surface area contributed by atoms with Crippen LogP contribution in [0, 0.1) is 0 Å². The molecule has 2 aromatic heterocycles. The van der Waals surface area contributed by atoms with Crippen molar-refractivity contribution in [2.75, 3.05) is 4.90 Å². The maximum atomic E-state index is 13.2. The monoisotopic (exact) mass is 464 g/mol. The first-order valence-corrected chi connectivity index (χ1v) is 11.2. The van der Waals surface area contributed by atoms with Crippen molar-refractivity contribution in [3.05, 3.63) is 94.1 Å². The van der Waals surface area contributed by atoms with Crippen LogP contribution in [0.15, 0.2) is 76.6 Å². The second-order valence-electron chi connectivity index (χ2n) is 7.35. The van der Waals surface area contributed by atoms with Gasteiger partial charge in [0.05, 0.1) is 28.1 Å². The molecular formula is C24H17ClN2O4S. The molecule has 160 valence electrons. The van der Waals surface area contributed by atoms with Gasteiger partial charge in [-0.15, -0.1) is 0 Å². The molecule has 1 amide bonds. The van der Waals surface area contributed by atoms with Crippen LogP contribution in [0.25, 0.3) is 10.2 Å². The number of benzene rings is 2. The van der Waals surface area contributed by atoms with Gasteiger partial charge in [0.15, 0.2) is 16.7 Å². The molecule has 0 radical (unpaired) electrons. The van der Waals surface area contributed by atoms with Crippen LogP contribution in [0.4, 0.5) is 5.13 Å². The van der Waals surface area contributed by atoms with E-state index >= 15 is 0 Å². The van der Waals surface area contributed by atoms with Crippen LogP contribution in [0.2, 0.25) is 5.02 Å². The van der Waals surface area contributed by atoms with E-state index in [1.807, 2.05) is 18.2 Å². The van der Waals surface area contributed by atoms with Gasteiger partial charge in [-0.05, 0) is 53.9 Å². The van der Waals surface area contributed by atoms with Crippen LogP contribution < -0.4 is 4.90 Å². The molecule has 0 bridgehead atoms. The van der Waals surface area contributed by atoms with Gasteiger partial charge in [0, 0.05) is 5.02 Å². The van der Waals surface area contributed by atoms with Crippen LogP contribution in [-0.4, -0.2) is 21.8 Å². The largest absolute Gasteiger partial charge is 0.503 e. The first-order valence-electron chi connectivity index (χ1n) is 9.97. The number of Topliss-reactive ketones (excluding diaryl/α,β-unsaturated/α-hetero) is 1. The average Bonchev–Trinajstić information content (AvgIpc) is 3.52. The van der Waals surface area contributed by atoms with E-state index in [-0.39, 0.29) is 11.3 Å². The number of hydrogen-bond acceptors (Lipinski definition) is 6. The molecule has 2 aromatic carbocycles. The molecule has 0 spiro atoms. The maximum Gasteiger partial charge on any atom is 0.296 e. The minimum Gasteiger partial charge on any atom is -0.503 e. The summed E-state index contributed by atoms with van der Waals surface area (Å²) in [6.07, 6.45) is 2.25. The molecular weight excluding hydrogens is 448 g/mol. The fourth-order valence-corrected chi connectivity index (χ4v) is 5.00. The zero-order chi connectivity index (χ0) is 22.4. The second-order valence-corrected chi connectivity index (χ2v) is 8.80. The van der Waals surface area contributed by atoms with Crippen molar-refractivity contribution in [2.45, 2.75) is 19.4 Å². The van der Waals surface area contributed by atoms with Gasteiger partial charge >= 0.3 is 0 Å². The molecule has 0 fully saturated rings. The molecule has 3 heterocycles. The van der Waals surface area contributed by atoms with Crippen molar-refractivity contribution in [1.29, 1.82) is 0 Å². The molecule has 1 aliphatic rings. The molecule has 1 N–H and O–H groups in total. The maximum absolute atomic E-state index is 13.2. The Morgan fingerprint density at radius 3 is 2.69 bits per heavy atom. The summed E-state index contributed by atoms with van der Waals surface area (Å²) in [5.74, 6) is -1.82. The third kappa shape index (κ3) is 3.30. The van der Waals surface area contributed by atoms with Crippen molar-refractivity contribution < 1.29 is 19.1 Å². The quantitative estimate of drug-likeness (QED) is 0.372. The highest BCUT2D eigenvalue weighted by atomic mass is 35.5. The Hall–Kier alpha value is -3.42. The lowest BCUT2D eigenvalue weighted by Crippen LogP contribution is -2.30. The Morgan fingerprint density at radius 1 is 1.22 bits per heavy atom. The van der Waals surface area contributed by atoms with Gasteiger partial charge in [0.1, 0.15) is 0 Å². The first kappa shape index (κ1) is 20.5. The Kier molecular flexibility index (Phi) is 5.07. The van der Waals surface area contributed by atoms with Gasteiger partial charge in [0.25, 0.3) is 5.91 Å². The molecule has 0 unspecified atom stereocenters. The number of ketones is 1. The lowest BCUT2D eigenvalue weighted by atomic mass is 9.95.